The summed E-state index contributed by atoms with van der Waals surface area (Å²) in [6.45, 7) is 1.90. The molecule has 0 radical (unpaired) electrons. The minimum atomic E-state index is -3.57. The third-order valence-corrected chi connectivity index (χ3v) is 5.42. The molecule has 0 aliphatic rings. The molecule has 7 heteroatoms. The molecule has 0 aliphatic carbocycles. The molecule has 0 amide bonds. The summed E-state index contributed by atoms with van der Waals surface area (Å²) in [7, 11) is -3.57. The van der Waals surface area contributed by atoms with Crippen molar-refractivity contribution >= 4 is 37.6 Å². The zero-order valence-electron chi connectivity index (χ0n) is 9.23. The van der Waals surface area contributed by atoms with E-state index in [9.17, 15) is 8.42 Å². The first-order valence-electron chi connectivity index (χ1n) is 4.99. The van der Waals surface area contributed by atoms with Gasteiger partial charge in [0.1, 0.15) is 0 Å². The second kappa shape index (κ2) is 6.15. The van der Waals surface area contributed by atoms with Crippen molar-refractivity contribution in [1.82, 2.24) is 4.31 Å². The van der Waals surface area contributed by atoms with E-state index in [2.05, 4.69) is 15.9 Å². The van der Waals surface area contributed by atoms with Gasteiger partial charge in [-0.15, -0.1) is 0 Å². The SMILES string of the molecule is CCN(CCO)S(=O)(=O)c1ccc(Cl)c(Br)c1. The van der Waals surface area contributed by atoms with Gasteiger partial charge in [-0.25, -0.2) is 8.42 Å². The number of hydrogen-bond donors (Lipinski definition) is 1. The number of aliphatic hydroxyl groups excluding tert-OH is 1. The van der Waals surface area contributed by atoms with Gasteiger partial charge in [0.2, 0.25) is 10.0 Å². The Morgan fingerprint density at radius 2 is 2.12 bits per heavy atom. The third kappa shape index (κ3) is 3.42. The second-order valence-electron chi connectivity index (χ2n) is 3.30. The number of nitrogens with zero attached hydrogens (tertiary/aromatic N) is 1. The maximum Gasteiger partial charge on any atom is 0.243 e. The molecule has 4 nitrogen and oxygen atoms in total. The maximum absolute atomic E-state index is 12.2. The lowest BCUT2D eigenvalue weighted by Crippen LogP contribution is -2.33. The second-order valence-corrected chi connectivity index (χ2v) is 6.50. The number of rotatable bonds is 5. The van der Waals surface area contributed by atoms with E-state index in [0.29, 0.717) is 16.0 Å². The fourth-order valence-corrected chi connectivity index (χ4v) is 3.46. The average Bonchev–Trinajstić information content (AvgIpc) is 2.29. The molecule has 0 fully saturated rings. The van der Waals surface area contributed by atoms with Crippen LogP contribution in [0.5, 0.6) is 0 Å². The van der Waals surface area contributed by atoms with Crippen LogP contribution < -0.4 is 0 Å². The minimum absolute atomic E-state index is 0.0824. The maximum atomic E-state index is 12.2. The van der Waals surface area contributed by atoms with Gasteiger partial charge in [-0.3, -0.25) is 0 Å². The van der Waals surface area contributed by atoms with E-state index in [1.54, 1.807) is 6.92 Å². The highest BCUT2D eigenvalue weighted by Gasteiger charge is 2.22. The topological polar surface area (TPSA) is 57.6 Å². The van der Waals surface area contributed by atoms with Crippen molar-refractivity contribution in [1.29, 1.82) is 0 Å². The van der Waals surface area contributed by atoms with Crippen LogP contribution >= 0.6 is 27.5 Å². The lowest BCUT2D eigenvalue weighted by Gasteiger charge is -2.19. The Bertz CT molecular complexity index is 492. The summed E-state index contributed by atoms with van der Waals surface area (Å²) in [6, 6.07) is 4.42. The summed E-state index contributed by atoms with van der Waals surface area (Å²) >= 11 is 8.99. The predicted molar refractivity (Wildman–Crippen MR) is 70.7 cm³/mol. The molecule has 0 bridgehead atoms. The number of aliphatic hydroxyl groups is 1. The van der Waals surface area contributed by atoms with E-state index in [1.807, 2.05) is 0 Å². The van der Waals surface area contributed by atoms with Crippen LogP contribution in [0.1, 0.15) is 6.92 Å². The average molecular weight is 343 g/mol. The van der Waals surface area contributed by atoms with E-state index >= 15 is 0 Å². The summed E-state index contributed by atoms with van der Waals surface area (Å²) in [6.07, 6.45) is 0. The third-order valence-electron chi connectivity index (χ3n) is 2.23. The number of hydrogen-bond acceptors (Lipinski definition) is 3. The van der Waals surface area contributed by atoms with Gasteiger partial charge in [0, 0.05) is 17.6 Å². The van der Waals surface area contributed by atoms with Gasteiger partial charge in [-0.2, -0.15) is 4.31 Å². The molecule has 0 saturated carbocycles. The first-order chi connectivity index (χ1) is 7.93. The van der Waals surface area contributed by atoms with E-state index in [1.165, 1.54) is 22.5 Å². The van der Waals surface area contributed by atoms with Crippen molar-refractivity contribution in [2.75, 3.05) is 19.7 Å². The van der Waals surface area contributed by atoms with Gasteiger partial charge in [0.15, 0.2) is 0 Å². The molecule has 0 aliphatic heterocycles. The monoisotopic (exact) mass is 341 g/mol. The van der Waals surface area contributed by atoms with Crippen LogP contribution in [0, 0.1) is 0 Å². The zero-order chi connectivity index (χ0) is 13.1. The molecular formula is C10H13BrClNO3S. The van der Waals surface area contributed by atoms with Gasteiger partial charge in [-0.05, 0) is 34.1 Å². The lowest BCUT2D eigenvalue weighted by atomic mass is 10.4. The summed E-state index contributed by atoms with van der Waals surface area (Å²) in [4.78, 5) is 0.157. The van der Waals surface area contributed by atoms with E-state index < -0.39 is 10.0 Å². The van der Waals surface area contributed by atoms with Crippen LogP contribution in [0.15, 0.2) is 27.6 Å². The van der Waals surface area contributed by atoms with E-state index in [0.717, 1.165) is 0 Å². The minimum Gasteiger partial charge on any atom is -0.395 e. The van der Waals surface area contributed by atoms with Crippen LogP contribution in [-0.4, -0.2) is 37.5 Å². The Labute approximate surface area is 114 Å². The van der Waals surface area contributed by atoms with E-state index in [4.69, 9.17) is 16.7 Å². The number of likely N-dealkylation sites (N-methyl/N-ethyl adjacent to an activating group) is 1. The molecule has 1 aromatic carbocycles. The molecule has 1 rings (SSSR count). The first-order valence-corrected chi connectivity index (χ1v) is 7.60. The van der Waals surface area contributed by atoms with Crippen molar-refractivity contribution in [3.8, 4) is 0 Å². The van der Waals surface area contributed by atoms with Gasteiger partial charge < -0.3 is 5.11 Å². The summed E-state index contributed by atoms with van der Waals surface area (Å²) < 4.78 is 26.1. The molecule has 0 heterocycles. The van der Waals surface area contributed by atoms with Gasteiger partial charge in [-0.1, -0.05) is 18.5 Å². The van der Waals surface area contributed by atoms with Crippen molar-refractivity contribution < 1.29 is 13.5 Å². The Hall–Kier alpha value is -0.140. The van der Waals surface area contributed by atoms with Crippen molar-refractivity contribution in [2.45, 2.75) is 11.8 Å². The molecule has 0 atom stereocenters. The van der Waals surface area contributed by atoms with Crippen molar-refractivity contribution in [2.24, 2.45) is 0 Å². The molecule has 0 saturated heterocycles. The van der Waals surface area contributed by atoms with Crippen LogP contribution in [0.2, 0.25) is 5.02 Å². The van der Waals surface area contributed by atoms with E-state index in [-0.39, 0.29) is 18.0 Å². The standard InChI is InChI=1S/C10H13BrClNO3S/c1-2-13(5-6-14)17(15,16)8-3-4-10(12)9(11)7-8/h3-4,7,14H,2,5-6H2,1H3. The molecule has 1 N–H and O–H groups in total. The number of halogens is 2. The predicted octanol–water partition coefficient (Wildman–Crippen LogP) is 2.11. The quantitative estimate of drug-likeness (QED) is 0.891. The normalized spacial score (nSPS) is 12.1. The first kappa shape index (κ1) is 14.9. The lowest BCUT2D eigenvalue weighted by molar-refractivity contribution is 0.257. The van der Waals surface area contributed by atoms with Crippen LogP contribution in [0.25, 0.3) is 0 Å². The van der Waals surface area contributed by atoms with Crippen molar-refractivity contribution in [3.05, 3.63) is 27.7 Å². The molecule has 0 unspecified atom stereocenters. The molecular weight excluding hydrogens is 330 g/mol. The Balaban J connectivity index is 3.15. The van der Waals surface area contributed by atoms with Crippen LogP contribution in [-0.2, 0) is 10.0 Å². The number of sulfonamides is 1. The summed E-state index contributed by atoms with van der Waals surface area (Å²) in [5, 5.41) is 9.29. The molecule has 17 heavy (non-hydrogen) atoms. The summed E-state index contributed by atoms with van der Waals surface area (Å²) in [5.74, 6) is 0. The van der Waals surface area contributed by atoms with Gasteiger partial charge in [0.05, 0.1) is 16.5 Å². The largest absolute Gasteiger partial charge is 0.395 e. The molecule has 96 valence electrons. The highest BCUT2D eigenvalue weighted by Crippen LogP contribution is 2.26. The van der Waals surface area contributed by atoms with Crippen molar-refractivity contribution in [3.63, 3.8) is 0 Å². The molecule has 0 aromatic heterocycles. The highest BCUT2D eigenvalue weighted by molar-refractivity contribution is 9.10. The zero-order valence-corrected chi connectivity index (χ0v) is 12.4. The molecule has 0 spiro atoms. The summed E-state index contributed by atoms with van der Waals surface area (Å²) in [5.41, 5.74) is 0. The Morgan fingerprint density at radius 3 is 2.59 bits per heavy atom. The van der Waals surface area contributed by atoms with Crippen LogP contribution in [0.4, 0.5) is 0 Å². The van der Waals surface area contributed by atoms with Crippen LogP contribution in [0.3, 0.4) is 0 Å². The Morgan fingerprint density at radius 1 is 1.47 bits per heavy atom. The fraction of sp³-hybridized carbons (Fsp3) is 0.400. The number of benzene rings is 1. The highest BCUT2D eigenvalue weighted by atomic mass is 79.9. The fourth-order valence-electron chi connectivity index (χ4n) is 1.35. The van der Waals surface area contributed by atoms with Gasteiger partial charge in [0.25, 0.3) is 0 Å². The Kier molecular flexibility index (Phi) is 5.40. The smallest absolute Gasteiger partial charge is 0.243 e. The van der Waals surface area contributed by atoms with Gasteiger partial charge >= 0.3 is 0 Å². The molecule has 1 aromatic rings.